The standard InChI is InChI=1S/C23H33N5O3/c1-16-10-22(2,3)15-23(11-16)20(30)28(21(31)26-23)14-19(29)25-13-17-6-7-18(24-12-17)27-8-4-5-9-27/h6-7,12,16H,4-5,8-11,13-15H2,1-3H3,(H,25,29)(H,26,31). The Kier molecular flexibility index (Phi) is 5.66. The Morgan fingerprint density at radius 3 is 2.61 bits per heavy atom. The van der Waals surface area contributed by atoms with Crippen LogP contribution >= 0.6 is 0 Å². The van der Waals surface area contributed by atoms with Crippen molar-refractivity contribution < 1.29 is 14.4 Å². The highest BCUT2D eigenvalue weighted by atomic mass is 16.2. The third kappa shape index (κ3) is 4.52. The molecular weight excluding hydrogens is 394 g/mol. The SMILES string of the molecule is CC1CC(C)(C)CC2(C1)NC(=O)N(CC(=O)NCc1ccc(N3CCCC3)nc1)C2=O. The summed E-state index contributed by atoms with van der Waals surface area (Å²) in [6.07, 6.45) is 6.39. The molecule has 4 amide bonds. The molecule has 168 valence electrons. The fourth-order valence-corrected chi connectivity index (χ4v) is 5.70. The molecule has 2 unspecified atom stereocenters. The van der Waals surface area contributed by atoms with Crippen molar-refractivity contribution in [1.29, 1.82) is 0 Å². The van der Waals surface area contributed by atoms with Crippen molar-refractivity contribution in [3.05, 3.63) is 23.9 Å². The summed E-state index contributed by atoms with van der Waals surface area (Å²) in [5.74, 6) is 0.663. The Labute approximate surface area is 183 Å². The van der Waals surface area contributed by atoms with Gasteiger partial charge in [-0.2, -0.15) is 0 Å². The quantitative estimate of drug-likeness (QED) is 0.704. The van der Waals surface area contributed by atoms with Crippen molar-refractivity contribution in [2.45, 2.75) is 65.0 Å². The largest absolute Gasteiger partial charge is 0.357 e. The van der Waals surface area contributed by atoms with E-state index in [4.69, 9.17) is 0 Å². The van der Waals surface area contributed by atoms with Gasteiger partial charge in [0.15, 0.2) is 0 Å². The molecule has 2 N–H and O–H groups in total. The van der Waals surface area contributed by atoms with Crippen LogP contribution < -0.4 is 15.5 Å². The molecule has 8 heteroatoms. The van der Waals surface area contributed by atoms with E-state index in [1.54, 1.807) is 6.20 Å². The fraction of sp³-hybridized carbons (Fsp3) is 0.652. The van der Waals surface area contributed by atoms with Gasteiger partial charge in [-0.25, -0.2) is 9.78 Å². The molecule has 1 aliphatic carbocycles. The zero-order valence-corrected chi connectivity index (χ0v) is 18.7. The third-order valence-corrected chi connectivity index (χ3v) is 6.65. The van der Waals surface area contributed by atoms with Crippen LogP contribution in [0.25, 0.3) is 0 Å². The van der Waals surface area contributed by atoms with Crippen molar-refractivity contribution in [2.75, 3.05) is 24.5 Å². The lowest BCUT2D eigenvalue weighted by Gasteiger charge is -2.43. The Bertz CT molecular complexity index is 862. The van der Waals surface area contributed by atoms with Crippen molar-refractivity contribution in [1.82, 2.24) is 20.5 Å². The maximum atomic E-state index is 13.1. The minimum atomic E-state index is -0.881. The second kappa shape index (κ2) is 8.13. The van der Waals surface area contributed by atoms with Crippen molar-refractivity contribution in [3.63, 3.8) is 0 Å². The fourth-order valence-electron chi connectivity index (χ4n) is 5.70. The summed E-state index contributed by atoms with van der Waals surface area (Å²) >= 11 is 0. The zero-order chi connectivity index (χ0) is 22.2. The number of aromatic nitrogens is 1. The number of urea groups is 1. The van der Waals surface area contributed by atoms with Gasteiger partial charge in [-0.1, -0.05) is 26.8 Å². The van der Waals surface area contributed by atoms with Gasteiger partial charge < -0.3 is 15.5 Å². The van der Waals surface area contributed by atoms with Crippen LogP contribution in [0.15, 0.2) is 18.3 Å². The molecule has 31 heavy (non-hydrogen) atoms. The number of anilines is 1. The number of rotatable bonds is 5. The van der Waals surface area contributed by atoms with Gasteiger partial charge in [0.05, 0.1) is 0 Å². The molecule has 1 saturated carbocycles. The molecule has 3 aliphatic rings. The second-order valence-corrected chi connectivity index (χ2v) is 10.3. The summed E-state index contributed by atoms with van der Waals surface area (Å²) in [7, 11) is 0. The maximum Gasteiger partial charge on any atom is 0.325 e. The van der Waals surface area contributed by atoms with E-state index >= 15 is 0 Å². The maximum absolute atomic E-state index is 13.1. The van der Waals surface area contributed by atoms with Gasteiger partial charge in [0.25, 0.3) is 5.91 Å². The molecule has 0 aromatic carbocycles. The molecule has 1 spiro atoms. The van der Waals surface area contributed by atoms with Crippen LogP contribution in [0.2, 0.25) is 0 Å². The van der Waals surface area contributed by atoms with Crippen molar-refractivity contribution in [3.8, 4) is 0 Å². The lowest BCUT2D eigenvalue weighted by atomic mass is 9.64. The number of hydrogen-bond donors (Lipinski definition) is 2. The van der Waals surface area contributed by atoms with E-state index in [9.17, 15) is 14.4 Å². The van der Waals surface area contributed by atoms with E-state index in [1.165, 1.54) is 12.8 Å². The predicted molar refractivity (Wildman–Crippen MR) is 117 cm³/mol. The number of amides is 4. The minimum Gasteiger partial charge on any atom is -0.357 e. The molecule has 0 bridgehead atoms. The molecular formula is C23H33N5O3. The Morgan fingerprint density at radius 2 is 1.97 bits per heavy atom. The van der Waals surface area contributed by atoms with Gasteiger partial charge in [-0.15, -0.1) is 0 Å². The number of hydrogen-bond acceptors (Lipinski definition) is 5. The minimum absolute atomic E-state index is 0.0346. The summed E-state index contributed by atoms with van der Waals surface area (Å²) in [4.78, 5) is 46.0. The molecule has 3 fully saturated rings. The first-order valence-corrected chi connectivity index (χ1v) is 11.3. The number of imide groups is 1. The van der Waals surface area contributed by atoms with Crippen LogP contribution in [0.1, 0.15) is 58.4 Å². The number of nitrogens with zero attached hydrogens (tertiary/aromatic N) is 3. The molecule has 2 atom stereocenters. The number of carbonyl (C=O) groups excluding carboxylic acids is 3. The Hall–Kier alpha value is -2.64. The zero-order valence-electron chi connectivity index (χ0n) is 18.7. The van der Waals surface area contributed by atoms with Gasteiger partial charge in [0.2, 0.25) is 5.91 Å². The Morgan fingerprint density at radius 1 is 1.23 bits per heavy atom. The lowest BCUT2D eigenvalue weighted by molar-refractivity contribution is -0.137. The monoisotopic (exact) mass is 427 g/mol. The molecule has 3 heterocycles. The molecule has 4 rings (SSSR count). The third-order valence-electron chi connectivity index (χ3n) is 6.65. The van der Waals surface area contributed by atoms with E-state index in [2.05, 4.69) is 41.3 Å². The summed E-state index contributed by atoms with van der Waals surface area (Å²) in [5.41, 5.74) is -0.0335. The summed E-state index contributed by atoms with van der Waals surface area (Å²) in [5, 5.41) is 5.72. The van der Waals surface area contributed by atoms with E-state index in [0.717, 1.165) is 35.8 Å². The summed E-state index contributed by atoms with van der Waals surface area (Å²) in [6, 6.07) is 3.46. The van der Waals surface area contributed by atoms with Crippen LogP contribution in [0.4, 0.5) is 10.6 Å². The van der Waals surface area contributed by atoms with Crippen LogP contribution in [0.3, 0.4) is 0 Å². The first kappa shape index (κ1) is 21.6. The van der Waals surface area contributed by atoms with E-state index < -0.39 is 11.6 Å². The van der Waals surface area contributed by atoms with Gasteiger partial charge in [-0.05, 0) is 55.1 Å². The van der Waals surface area contributed by atoms with Gasteiger partial charge in [0, 0.05) is 25.8 Å². The Balaban J connectivity index is 1.33. The van der Waals surface area contributed by atoms with Crippen LogP contribution in [-0.4, -0.2) is 52.9 Å². The van der Waals surface area contributed by atoms with E-state index in [1.807, 2.05) is 12.1 Å². The average Bonchev–Trinajstić information content (AvgIpc) is 3.29. The van der Waals surface area contributed by atoms with Crippen LogP contribution in [0, 0.1) is 11.3 Å². The predicted octanol–water partition coefficient (Wildman–Crippen LogP) is 2.43. The first-order valence-electron chi connectivity index (χ1n) is 11.3. The van der Waals surface area contributed by atoms with E-state index in [0.29, 0.717) is 25.3 Å². The first-order chi connectivity index (χ1) is 14.7. The molecule has 1 aromatic rings. The van der Waals surface area contributed by atoms with Gasteiger partial charge >= 0.3 is 6.03 Å². The molecule has 2 aliphatic heterocycles. The molecule has 2 saturated heterocycles. The van der Waals surface area contributed by atoms with Crippen LogP contribution in [0.5, 0.6) is 0 Å². The van der Waals surface area contributed by atoms with Crippen molar-refractivity contribution in [2.24, 2.45) is 11.3 Å². The highest BCUT2D eigenvalue weighted by molar-refractivity contribution is 6.09. The normalized spacial score (nSPS) is 27.6. The smallest absolute Gasteiger partial charge is 0.325 e. The summed E-state index contributed by atoms with van der Waals surface area (Å²) < 4.78 is 0. The van der Waals surface area contributed by atoms with E-state index in [-0.39, 0.29) is 23.8 Å². The molecule has 1 aromatic heterocycles. The second-order valence-electron chi connectivity index (χ2n) is 10.3. The topological polar surface area (TPSA) is 94.6 Å². The lowest BCUT2D eigenvalue weighted by Crippen LogP contribution is -2.54. The summed E-state index contributed by atoms with van der Waals surface area (Å²) in [6.45, 7) is 8.48. The average molecular weight is 428 g/mol. The van der Waals surface area contributed by atoms with Crippen molar-refractivity contribution >= 4 is 23.7 Å². The van der Waals surface area contributed by atoms with Crippen LogP contribution in [-0.2, 0) is 16.1 Å². The highest BCUT2D eigenvalue weighted by Gasteiger charge is 2.56. The molecule has 0 radical (unpaired) electrons. The number of pyridine rings is 1. The number of carbonyl (C=O) groups is 3. The highest BCUT2D eigenvalue weighted by Crippen LogP contribution is 2.46. The number of nitrogens with one attached hydrogen (secondary N) is 2. The molecule has 8 nitrogen and oxygen atoms in total. The van der Waals surface area contributed by atoms with Gasteiger partial charge in [-0.3, -0.25) is 14.5 Å². The van der Waals surface area contributed by atoms with Gasteiger partial charge in [0.1, 0.15) is 17.9 Å².